The lowest BCUT2D eigenvalue weighted by atomic mass is 9.95. The minimum absolute atomic E-state index is 0.0273. The fourth-order valence-electron chi connectivity index (χ4n) is 5.45. The van der Waals surface area contributed by atoms with E-state index in [4.69, 9.17) is 23.7 Å². The lowest BCUT2D eigenvalue weighted by molar-refractivity contribution is -0.133. The Hall–Kier alpha value is -4.28. The molecule has 10 nitrogen and oxygen atoms in total. The van der Waals surface area contributed by atoms with Gasteiger partial charge >= 0.3 is 0 Å². The van der Waals surface area contributed by atoms with Crippen molar-refractivity contribution >= 4 is 17.5 Å². The summed E-state index contributed by atoms with van der Waals surface area (Å²) >= 11 is 0. The van der Waals surface area contributed by atoms with E-state index in [1.165, 1.54) is 19.8 Å². The van der Waals surface area contributed by atoms with Gasteiger partial charge in [0.15, 0.2) is 13.6 Å². The van der Waals surface area contributed by atoms with Crippen LogP contribution in [-0.4, -0.2) is 82.1 Å². The number of hydrogen-bond donors (Lipinski definition) is 0. The Morgan fingerprint density at radius 1 is 0.884 bits per heavy atom. The molecule has 2 heterocycles. The maximum atomic E-state index is 14.4. The summed E-state index contributed by atoms with van der Waals surface area (Å²) in [6.45, 7) is 4.20. The molecule has 0 N–H and O–H groups in total. The van der Waals surface area contributed by atoms with E-state index in [0.29, 0.717) is 49.0 Å². The van der Waals surface area contributed by atoms with Gasteiger partial charge in [0.05, 0.1) is 6.04 Å². The van der Waals surface area contributed by atoms with Gasteiger partial charge in [0.2, 0.25) is 5.91 Å². The number of carbonyl (C=O) groups excluding carboxylic acids is 2. The second-order valence-electron chi connectivity index (χ2n) is 10.8. The van der Waals surface area contributed by atoms with E-state index < -0.39 is 0 Å². The third-order valence-electron chi connectivity index (χ3n) is 7.94. The van der Waals surface area contributed by atoms with Gasteiger partial charge in [-0.2, -0.15) is 0 Å². The van der Waals surface area contributed by atoms with Crippen LogP contribution in [0.4, 0.5) is 5.69 Å². The van der Waals surface area contributed by atoms with Crippen molar-refractivity contribution in [2.45, 2.75) is 32.5 Å². The van der Waals surface area contributed by atoms with Crippen LogP contribution in [0, 0.1) is 0 Å². The third-order valence-corrected chi connectivity index (χ3v) is 7.94. The molecule has 1 saturated heterocycles. The molecule has 1 fully saturated rings. The van der Waals surface area contributed by atoms with Crippen molar-refractivity contribution in [3.05, 3.63) is 82.9 Å². The number of ether oxygens (including phenoxy) is 5. The Morgan fingerprint density at radius 2 is 1.58 bits per heavy atom. The minimum atomic E-state index is -0.207. The summed E-state index contributed by atoms with van der Waals surface area (Å²) in [5, 5.41) is 0. The van der Waals surface area contributed by atoms with Crippen LogP contribution >= 0.6 is 0 Å². The van der Waals surface area contributed by atoms with E-state index in [2.05, 4.69) is 30.1 Å². The summed E-state index contributed by atoms with van der Waals surface area (Å²) < 4.78 is 28.2. The lowest BCUT2D eigenvalue weighted by Crippen LogP contribution is -2.60. The normalized spacial score (nSPS) is 14.5. The molecule has 2 aliphatic heterocycles. The standard InChI is InChI=1S/C33H39N3O7/c1-23(37)36-17-26(18-36)34(2)29-12-8-11-25-13-14-35(19-28(25)29)33(38)32-30(41-20-24-9-6-5-7-10-24)15-27(42-21-39-3)16-31(32)43-22-40-4/h5-12,15-16,26H,13-14,17-22H2,1-4H3. The van der Waals surface area contributed by atoms with Crippen LogP contribution in [0.2, 0.25) is 0 Å². The van der Waals surface area contributed by atoms with Gasteiger partial charge in [-0.25, -0.2) is 0 Å². The summed E-state index contributed by atoms with van der Waals surface area (Å²) in [6, 6.07) is 19.6. The van der Waals surface area contributed by atoms with Gasteiger partial charge in [0.25, 0.3) is 5.91 Å². The van der Waals surface area contributed by atoms with Crippen molar-refractivity contribution in [1.82, 2.24) is 9.80 Å². The Kier molecular flexibility index (Phi) is 9.68. The number of hydrogen-bond acceptors (Lipinski definition) is 8. The van der Waals surface area contributed by atoms with Crippen LogP contribution in [0.5, 0.6) is 17.2 Å². The predicted octanol–water partition coefficient (Wildman–Crippen LogP) is 4.10. The van der Waals surface area contributed by atoms with Crippen LogP contribution in [0.15, 0.2) is 60.7 Å². The van der Waals surface area contributed by atoms with Gasteiger partial charge < -0.3 is 38.4 Å². The zero-order valence-corrected chi connectivity index (χ0v) is 25.2. The molecule has 2 amide bonds. The number of anilines is 1. The zero-order valence-electron chi connectivity index (χ0n) is 25.2. The molecule has 0 aliphatic carbocycles. The van der Waals surface area contributed by atoms with Crippen molar-refractivity contribution in [1.29, 1.82) is 0 Å². The predicted molar refractivity (Wildman–Crippen MR) is 162 cm³/mol. The fraction of sp³-hybridized carbons (Fsp3) is 0.394. The molecule has 0 radical (unpaired) electrons. The second-order valence-corrected chi connectivity index (χ2v) is 10.8. The highest BCUT2D eigenvalue weighted by Crippen LogP contribution is 2.38. The van der Waals surface area contributed by atoms with E-state index >= 15 is 0 Å². The smallest absolute Gasteiger partial charge is 0.261 e. The van der Waals surface area contributed by atoms with E-state index in [-0.39, 0.29) is 38.0 Å². The summed E-state index contributed by atoms with van der Waals surface area (Å²) in [5.74, 6) is 0.983. The van der Waals surface area contributed by atoms with Crippen molar-refractivity contribution in [2.75, 3.05) is 59.4 Å². The van der Waals surface area contributed by atoms with Crippen LogP contribution in [0.3, 0.4) is 0 Å². The first-order valence-corrected chi connectivity index (χ1v) is 14.4. The molecule has 5 rings (SSSR count). The molecule has 228 valence electrons. The highest BCUT2D eigenvalue weighted by molar-refractivity contribution is 6.00. The highest BCUT2D eigenvalue weighted by Gasteiger charge is 2.34. The lowest BCUT2D eigenvalue weighted by Gasteiger charge is -2.45. The maximum absolute atomic E-state index is 14.4. The average Bonchev–Trinajstić information content (AvgIpc) is 3.00. The van der Waals surface area contributed by atoms with Gasteiger partial charge in [-0.05, 0) is 29.2 Å². The molecule has 0 aromatic heterocycles. The number of likely N-dealkylation sites (N-methyl/N-ethyl adjacent to an activating group) is 1. The SMILES string of the molecule is COCOc1cc(OCOC)c(C(=O)N2CCc3cccc(N(C)C4CN(C(C)=O)C4)c3C2)c(OCc2ccccc2)c1. The molecule has 0 unspecified atom stereocenters. The molecule has 10 heteroatoms. The first-order valence-electron chi connectivity index (χ1n) is 14.4. The summed E-state index contributed by atoms with van der Waals surface area (Å²) in [5.41, 5.74) is 4.67. The Bertz CT molecular complexity index is 1430. The Balaban J connectivity index is 1.45. The van der Waals surface area contributed by atoms with E-state index in [1.807, 2.05) is 40.1 Å². The number of methoxy groups -OCH3 is 2. The Labute approximate surface area is 252 Å². The number of fused-ring (bicyclic) bond motifs is 1. The summed E-state index contributed by atoms with van der Waals surface area (Å²) in [7, 11) is 5.12. The molecule has 0 atom stereocenters. The first-order chi connectivity index (χ1) is 20.9. The molecule has 0 saturated carbocycles. The van der Waals surface area contributed by atoms with E-state index in [0.717, 1.165) is 23.2 Å². The Morgan fingerprint density at radius 3 is 2.28 bits per heavy atom. The van der Waals surface area contributed by atoms with Crippen LogP contribution in [0.25, 0.3) is 0 Å². The molecular formula is C33H39N3O7. The maximum Gasteiger partial charge on any atom is 0.261 e. The highest BCUT2D eigenvalue weighted by atomic mass is 16.7. The average molecular weight is 590 g/mol. The van der Waals surface area contributed by atoms with Gasteiger partial charge in [0, 0.05) is 72.2 Å². The zero-order chi connectivity index (χ0) is 30.3. The topological polar surface area (TPSA) is 90.0 Å². The molecule has 3 aromatic carbocycles. The van der Waals surface area contributed by atoms with Crippen molar-refractivity contribution < 1.29 is 33.3 Å². The molecule has 3 aromatic rings. The fourth-order valence-corrected chi connectivity index (χ4v) is 5.45. The molecule has 43 heavy (non-hydrogen) atoms. The van der Waals surface area contributed by atoms with Crippen LogP contribution in [0.1, 0.15) is 34.0 Å². The van der Waals surface area contributed by atoms with Gasteiger partial charge in [0.1, 0.15) is 29.4 Å². The molecule has 2 aliphatic rings. The molecule has 0 spiro atoms. The summed E-state index contributed by atoms with van der Waals surface area (Å²) in [4.78, 5) is 32.0. The van der Waals surface area contributed by atoms with E-state index in [9.17, 15) is 9.59 Å². The minimum Gasteiger partial charge on any atom is -0.488 e. The number of nitrogens with zero attached hydrogens (tertiary/aromatic N) is 3. The number of rotatable bonds is 12. The second kappa shape index (κ2) is 13.8. The van der Waals surface area contributed by atoms with Crippen LogP contribution < -0.4 is 19.1 Å². The first kappa shape index (κ1) is 30.2. The van der Waals surface area contributed by atoms with Gasteiger partial charge in [-0.1, -0.05) is 42.5 Å². The number of carbonyl (C=O) groups is 2. The monoisotopic (exact) mass is 589 g/mol. The van der Waals surface area contributed by atoms with Crippen molar-refractivity contribution in [3.8, 4) is 17.2 Å². The van der Waals surface area contributed by atoms with Gasteiger partial charge in [-0.15, -0.1) is 0 Å². The van der Waals surface area contributed by atoms with Crippen molar-refractivity contribution in [2.24, 2.45) is 0 Å². The largest absolute Gasteiger partial charge is 0.488 e. The third kappa shape index (κ3) is 6.87. The summed E-state index contributed by atoms with van der Waals surface area (Å²) in [6.07, 6.45) is 0.719. The number of amides is 2. The van der Waals surface area contributed by atoms with Gasteiger partial charge in [-0.3, -0.25) is 9.59 Å². The van der Waals surface area contributed by atoms with E-state index in [1.54, 1.807) is 19.1 Å². The molecular weight excluding hydrogens is 550 g/mol. The van der Waals surface area contributed by atoms with Crippen LogP contribution in [-0.2, 0) is 33.8 Å². The quantitative estimate of drug-likeness (QED) is 0.292. The van der Waals surface area contributed by atoms with Crippen molar-refractivity contribution in [3.63, 3.8) is 0 Å². The number of likely N-dealkylation sites (tertiary alicyclic amines) is 1. The molecule has 0 bridgehead atoms. The number of benzene rings is 3.